The van der Waals surface area contributed by atoms with Crippen molar-refractivity contribution in [2.24, 2.45) is 5.41 Å². The topological polar surface area (TPSA) is 33.4 Å². The van der Waals surface area contributed by atoms with Crippen LogP contribution >= 0.6 is 15.9 Å². The highest BCUT2D eigenvalue weighted by Gasteiger charge is 2.51. The molecule has 1 atom stereocenters. The molecule has 1 saturated heterocycles. The second-order valence-electron chi connectivity index (χ2n) is 5.78. The van der Waals surface area contributed by atoms with Gasteiger partial charge in [-0.2, -0.15) is 0 Å². The van der Waals surface area contributed by atoms with Crippen molar-refractivity contribution in [2.75, 3.05) is 13.6 Å². The first-order chi connectivity index (χ1) is 8.65. The van der Waals surface area contributed by atoms with Gasteiger partial charge in [-0.05, 0) is 47.7 Å². The molecule has 2 aromatic heterocycles. The van der Waals surface area contributed by atoms with E-state index in [1.165, 1.54) is 31.5 Å². The number of nitrogens with zero attached hydrogens (tertiary/aromatic N) is 4. The fourth-order valence-electron chi connectivity index (χ4n) is 3.19. The summed E-state index contributed by atoms with van der Waals surface area (Å²) in [5.74, 6) is 0. The summed E-state index contributed by atoms with van der Waals surface area (Å²) in [5, 5.41) is 0. The number of aromatic nitrogens is 3. The zero-order valence-corrected chi connectivity index (χ0v) is 11.9. The summed E-state index contributed by atoms with van der Waals surface area (Å²) in [6, 6.07) is 0.478. The van der Waals surface area contributed by atoms with Crippen molar-refractivity contribution in [1.82, 2.24) is 19.3 Å². The summed E-state index contributed by atoms with van der Waals surface area (Å²) < 4.78 is 2.90. The first-order valence-corrected chi connectivity index (χ1v) is 7.15. The number of halogens is 1. The zero-order valence-electron chi connectivity index (χ0n) is 10.3. The molecule has 1 spiro atoms. The van der Waals surface area contributed by atoms with Gasteiger partial charge in [0.2, 0.25) is 0 Å². The molecule has 0 aromatic carbocycles. The van der Waals surface area contributed by atoms with E-state index in [0.29, 0.717) is 11.5 Å². The van der Waals surface area contributed by atoms with E-state index in [0.717, 1.165) is 10.3 Å². The molecule has 18 heavy (non-hydrogen) atoms. The first kappa shape index (κ1) is 10.9. The number of hydrogen-bond donors (Lipinski definition) is 0. The van der Waals surface area contributed by atoms with Crippen molar-refractivity contribution >= 4 is 21.6 Å². The van der Waals surface area contributed by atoms with Crippen molar-refractivity contribution in [3.63, 3.8) is 0 Å². The highest BCUT2D eigenvalue weighted by atomic mass is 79.9. The van der Waals surface area contributed by atoms with Crippen molar-refractivity contribution in [3.8, 4) is 0 Å². The summed E-state index contributed by atoms with van der Waals surface area (Å²) in [6.45, 7) is 1.23. The minimum atomic E-state index is 0.478. The van der Waals surface area contributed by atoms with Crippen LogP contribution in [0.25, 0.3) is 5.65 Å². The van der Waals surface area contributed by atoms with Gasteiger partial charge in [0.05, 0.1) is 17.9 Å². The van der Waals surface area contributed by atoms with Crippen LogP contribution in [-0.4, -0.2) is 32.9 Å². The molecule has 4 nitrogen and oxygen atoms in total. The largest absolute Gasteiger partial charge is 0.303 e. The molecular formula is C13H15BrN4. The Labute approximate surface area is 114 Å². The van der Waals surface area contributed by atoms with Crippen molar-refractivity contribution in [3.05, 3.63) is 28.9 Å². The maximum absolute atomic E-state index is 4.72. The average molecular weight is 307 g/mol. The van der Waals surface area contributed by atoms with Crippen molar-refractivity contribution in [1.29, 1.82) is 0 Å². The lowest BCUT2D eigenvalue weighted by atomic mass is 10.0. The molecule has 1 unspecified atom stereocenters. The minimum Gasteiger partial charge on any atom is -0.303 e. The van der Waals surface area contributed by atoms with Gasteiger partial charge in [-0.1, -0.05) is 0 Å². The molecule has 3 heterocycles. The molecule has 2 fully saturated rings. The van der Waals surface area contributed by atoms with Crippen LogP contribution in [-0.2, 0) is 0 Å². The standard InChI is InChI=1S/C13H15BrN4/c1-17-8-13(2-3-13)4-10(17)9-6-18-7-11(14)15-5-12(18)16-9/h5-7,10H,2-4,8H2,1H3. The molecule has 94 valence electrons. The van der Waals surface area contributed by atoms with E-state index in [9.17, 15) is 0 Å². The van der Waals surface area contributed by atoms with Crippen LogP contribution in [0.3, 0.4) is 0 Å². The Balaban J connectivity index is 1.74. The number of imidazole rings is 1. The molecule has 2 aliphatic rings. The van der Waals surface area contributed by atoms with Crippen LogP contribution in [0, 0.1) is 5.41 Å². The predicted octanol–water partition coefficient (Wildman–Crippen LogP) is 2.65. The van der Waals surface area contributed by atoms with Gasteiger partial charge in [0.25, 0.3) is 0 Å². The van der Waals surface area contributed by atoms with E-state index in [1.807, 2.05) is 12.4 Å². The second kappa shape index (κ2) is 3.54. The normalized spacial score (nSPS) is 26.2. The van der Waals surface area contributed by atoms with E-state index in [2.05, 4.69) is 43.5 Å². The Morgan fingerprint density at radius 1 is 1.39 bits per heavy atom. The number of rotatable bonds is 1. The summed E-state index contributed by atoms with van der Waals surface area (Å²) in [6.07, 6.45) is 9.98. The molecule has 4 rings (SSSR count). The van der Waals surface area contributed by atoms with Crippen LogP contribution < -0.4 is 0 Å². The monoisotopic (exact) mass is 306 g/mol. The Morgan fingerprint density at radius 3 is 2.94 bits per heavy atom. The van der Waals surface area contributed by atoms with E-state index < -0.39 is 0 Å². The maximum Gasteiger partial charge on any atom is 0.155 e. The predicted molar refractivity (Wildman–Crippen MR) is 72.3 cm³/mol. The Morgan fingerprint density at radius 2 is 2.22 bits per heavy atom. The molecule has 2 aromatic rings. The van der Waals surface area contributed by atoms with Gasteiger partial charge in [-0.15, -0.1) is 0 Å². The SMILES string of the molecule is CN1CC2(CC2)CC1c1cn2cc(Br)ncc2n1. The van der Waals surface area contributed by atoms with Gasteiger partial charge in [0.1, 0.15) is 4.60 Å². The molecule has 1 aliphatic carbocycles. The van der Waals surface area contributed by atoms with E-state index in [1.54, 1.807) is 0 Å². The lowest BCUT2D eigenvalue weighted by molar-refractivity contribution is 0.308. The highest BCUT2D eigenvalue weighted by molar-refractivity contribution is 9.10. The van der Waals surface area contributed by atoms with Crippen LogP contribution in [0.2, 0.25) is 0 Å². The smallest absolute Gasteiger partial charge is 0.155 e. The van der Waals surface area contributed by atoms with Crippen LogP contribution in [0.15, 0.2) is 23.2 Å². The molecule has 1 saturated carbocycles. The van der Waals surface area contributed by atoms with Crippen LogP contribution in [0.4, 0.5) is 0 Å². The van der Waals surface area contributed by atoms with Gasteiger partial charge in [-0.3, -0.25) is 4.90 Å². The van der Waals surface area contributed by atoms with E-state index in [4.69, 9.17) is 4.98 Å². The highest BCUT2D eigenvalue weighted by Crippen LogP contribution is 2.57. The summed E-state index contributed by atoms with van der Waals surface area (Å²) in [5.41, 5.74) is 2.73. The van der Waals surface area contributed by atoms with Gasteiger partial charge in [0.15, 0.2) is 5.65 Å². The lowest BCUT2D eigenvalue weighted by Gasteiger charge is -2.16. The quantitative estimate of drug-likeness (QED) is 0.812. The Kier molecular flexibility index (Phi) is 2.15. The Hall–Kier alpha value is -0.940. The zero-order chi connectivity index (χ0) is 12.3. The first-order valence-electron chi connectivity index (χ1n) is 6.36. The third-order valence-corrected chi connectivity index (χ3v) is 4.78. The minimum absolute atomic E-state index is 0.478. The second-order valence-corrected chi connectivity index (χ2v) is 6.59. The number of fused-ring (bicyclic) bond motifs is 1. The summed E-state index contributed by atoms with van der Waals surface area (Å²) in [4.78, 5) is 11.4. The van der Waals surface area contributed by atoms with Gasteiger partial charge in [0, 0.05) is 18.9 Å². The van der Waals surface area contributed by atoms with Crippen LogP contribution in [0.1, 0.15) is 31.0 Å². The van der Waals surface area contributed by atoms with Gasteiger partial charge < -0.3 is 4.40 Å². The summed E-state index contributed by atoms with van der Waals surface area (Å²) in [7, 11) is 2.22. The maximum atomic E-state index is 4.72. The van der Waals surface area contributed by atoms with E-state index in [-0.39, 0.29) is 0 Å². The van der Waals surface area contributed by atoms with Crippen molar-refractivity contribution in [2.45, 2.75) is 25.3 Å². The van der Waals surface area contributed by atoms with Crippen LogP contribution in [0.5, 0.6) is 0 Å². The molecule has 0 bridgehead atoms. The van der Waals surface area contributed by atoms with Crippen molar-refractivity contribution < 1.29 is 0 Å². The molecule has 0 amide bonds. The average Bonchev–Trinajstić information content (AvgIpc) is 2.82. The third kappa shape index (κ3) is 1.61. The van der Waals surface area contributed by atoms with E-state index >= 15 is 0 Å². The third-order valence-electron chi connectivity index (χ3n) is 4.37. The molecule has 1 aliphatic heterocycles. The number of likely N-dealkylation sites (tertiary alicyclic amines) is 1. The van der Waals surface area contributed by atoms with Gasteiger partial charge in [-0.25, -0.2) is 9.97 Å². The molecule has 0 N–H and O–H groups in total. The van der Waals surface area contributed by atoms with Gasteiger partial charge >= 0.3 is 0 Å². The fraction of sp³-hybridized carbons (Fsp3) is 0.538. The molecular weight excluding hydrogens is 292 g/mol. The Bertz CT molecular complexity index is 616. The number of hydrogen-bond acceptors (Lipinski definition) is 3. The molecule has 0 radical (unpaired) electrons. The fourth-order valence-corrected chi connectivity index (χ4v) is 3.52. The lowest BCUT2D eigenvalue weighted by Crippen LogP contribution is -2.18. The summed E-state index contributed by atoms with van der Waals surface area (Å²) >= 11 is 3.39. The molecule has 5 heteroatoms.